The number of H-pyrrole nitrogens is 1. The summed E-state index contributed by atoms with van der Waals surface area (Å²) in [6.07, 6.45) is 4.35. The number of tetrazole rings is 1. The quantitative estimate of drug-likeness (QED) is 0.215. The van der Waals surface area contributed by atoms with Crippen LogP contribution in [-0.2, 0) is 6.54 Å². The smallest absolute Gasteiger partial charge is 0.270 e. The van der Waals surface area contributed by atoms with E-state index in [-0.39, 0.29) is 30.0 Å². The fraction of sp³-hybridized carbons (Fsp3) is 0.444. The number of amides is 1. The lowest BCUT2D eigenvalue weighted by atomic mass is 9.71. The zero-order valence-electron chi connectivity index (χ0n) is 22.4. The minimum atomic E-state index is -0.315. The molecule has 1 amide bonds. The molecule has 2 aromatic carbocycles. The third-order valence-corrected chi connectivity index (χ3v) is 7.57. The van der Waals surface area contributed by atoms with Crippen molar-refractivity contribution in [1.82, 2.24) is 25.5 Å². The van der Waals surface area contributed by atoms with Gasteiger partial charge in [0.05, 0.1) is 6.67 Å². The van der Waals surface area contributed by atoms with Gasteiger partial charge in [0.1, 0.15) is 0 Å². The van der Waals surface area contributed by atoms with E-state index in [4.69, 9.17) is 28.9 Å². The molecule has 0 radical (unpaired) electrons. The molecule has 1 fully saturated rings. The van der Waals surface area contributed by atoms with Gasteiger partial charge < -0.3 is 16.0 Å². The first-order chi connectivity index (χ1) is 18.6. The van der Waals surface area contributed by atoms with Crippen LogP contribution in [0.2, 0.25) is 10.0 Å². The number of aromatic nitrogens is 4. The van der Waals surface area contributed by atoms with E-state index in [0.717, 1.165) is 36.9 Å². The second kappa shape index (κ2) is 12.8. The largest absolute Gasteiger partial charge is 0.335 e. The summed E-state index contributed by atoms with van der Waals surface area (Å²) in [6, 6.07) is 13.0. The number of hydrogen-bond donors (Lipinski definition) is 4. The Morgan fingerprint density at radius 2 is 1.74 bits per heavy atom. The Morgan fingerprint density at radius 1 is 1.08 bits per heavy atom. The Morgan fingerprint density at radius 3 is 2.31 bits per heavy atom. The average Bonchev–Trinajstić information content (AvgIpc) is 3.39. The lowest BCUT2D eigenvalue weighted by Crippen LogP contribution is -2.46. The molecular weight excluding hydrogens is 537 g/mol. The number of benzene rings is 2. The number of anilines is 2. The minimum absolute atomic E-state index is 0.121. The number of nitrogens with two attached hydrogens (primary N) is 1. The van der Waals surface area contributed by atoms with Crippen molar-refractivity contribution >= 4 is 46.7 Å². The van der Waals surface area contributed by atoms with Gasteiger partial charge in [-0.2, -0.15) is 5.21 Å². The Kier molecular flexibility index (Phi) is 9.42. The lowest BCUT2D eigenvalue weighted by Gasteiger charge is -2.42. The summed E-state index contributed by atoms with van der Waals surface area (Å²) in [6.45, 7) is 7.66. The van der Waals surface area contributed by atoms with E-state index >= 15 is 0 Å². The molecule has 1 saturated carbocycles. The number of guanidine groups is 1. The molecule has 10 nitrogen and oxygen atoms in total. The zero-order valence-corrected chi connectivity index (χ0v) is 23.9. The van der Waals surface area contributed by atoms with Crippen molar-refractivity contribution in [3.8, 4) is 0 Å². The standard InChI is InChI=1S/C27H35Cl2N9O/c1-27(2,3)19-8-10-23(11-9-19)38(26(31-16-30)32-22-13-20(28)12-21(29)14-22)15-17-4-6-18(7-5-17)24(39)33-25-34-36-37-35-25/h4-7,12-14,19,23H,8-11,15-16,30H2,1-3H3,(H,31,32)(H2,33,34,35,36,37,39). The predicted molar refractivity (Wildman–Crippen MR) is 156 cm³/mol. The normalized spacial score (nSPS) is 18.1. The van der Waals surface area contributed by atoms with Crippen molar-refractivity contribution in [2.45, 2.75) is 59.0 Å². The third kappa shape index (κ3) is 7.90. The van der Waals surface area contributed by atoms with E-state index in [9.17, 15) is 4.79 Å². The zero-order chi connectivity index (χ0) is 28.0. The van der Waals surface area contributed by atoms with Gasteiger partial charge in [-0.1, -0.05) is 61.2 Å². The predicted octanol–water partition coefficient (Wildman–Crippen LogP) is 5.55. The molecule has 3 aromatic rings. The van der Waals surface area contributed by atoms with Crippen LogP contribution in [-0.4, -0.2) is 50.1 Å². The van der Waals surface area contributed by atoms with Gasteiger partial charge >= 0.3 is 0 Å². The van der Waals surface area contributed by atoms with Gasteiger partial charge in [0, 0.05) is 33.9 Å². The molecule has 39 heavy (non-hydrogen) atoms. The van der Waals surface area contributed by atoms with E-state index in [1.165, 1.54) is 0 Å². The summed E-state index contributed by atoms with van der Waals surface area (Å²) in [5.74, 6) is 1.14. The van der Waals surface area contributed by atoms with E-state index < -0.39 is 0 Å². The Bertz CT molecular complexity index is 1250. The first-order valence-corrected chi connectivity index (χ1v) is 13.8. The van der Waals surface area contributed by atoms with Gasteiger partial charge in [0.25, 0.3) is 11.9 Å². The lowest BCUT2D eigenvalue weighted by molar-refractivity contribution is 0.102. The first-order valence-electron chi connectivity index (χ1n) is 13.0. The molecule has 0 saturated heterocycles. The highest BCUT2D eigenvalue weighted by molar-refractivity contribution is 6.35. The van der Waals surface area contributed by atoms with Crippen LogP contribution in [0.4, 0.5) is 11.6 Å². The summed E-state index contributed by atoms with van der Waals surface area (Å²) in [7, 11) is 0. The van der Waals surface area contributed by atoms with E-state index in [1.807, 2.05) is 24.3 Å². The van der Waals surface area contributed by atoms with Crippen LogP contribution >= 0.6 is 23.2 Å². The first kappa shape index (κ1) is 28.8. The maximum absolute atomic E-state index is 12.5. The summed E-state index contributed by atoms with van der Waals surface area (Å²) in [5.41, 5.74) is 8.45. The summed E-state index contributed by atoms with van der Waals surface area (Å²) >= 11 is 12.5. The Labute approximate surface area is 238 Å². The van der Waals surface area contributed by atoms with Gasteiger partial charge in [-0.3, -0.25) is 10.1 Å². The van der Waals surface area contributed by atoms with Crippen molar-refractivity contribution < 1.29 is 4.79 Å². The fourth-order valence-corrected chi connectivity index (χ4v) is 5.55. The molecule has 0 atom stereocenters. The molecule has 0 aliphatic heterocycles. The van der Waals surface area contributed by atoms with Gasteiger partial charge in [-0.15, -0.1) is 5.10 Å². The molecular formula is C27H35Cl2N9O. The number of nitrogens with one attached hydrogen (secondary N) is 3. The second-order valence-electron chi connectivity index (χ2n) is 10.8. The van der Waals surface area contributed by atoms with E-state index in [2.05, 4.69) is 61.9 Å². The maximum atomic E-state index is 12.5. The number of aromatic amines is 1. The van der Waals surface area contributed by atoms with Gasteiger partial charge in [-0.25, -0.2) is 4.99 Å². The Balaban J connectivity index is 1.56. The molecule has 0 unspecified atom stereocenters. The van der Waals surface area contributed by atoms with Gasteiger partial charge in [-0.05, 0) is 78.1 Å². The summed E-state index contributed by atoms with van der Waals surface area (Å²) in [5, 5.41) is 20.4. The number of carbonyl (C=O) groups excluding carboxylic acids is 1. The van der Waals surface area contributed by atoms with Crippen LogP contribution < -0.4 is 16.4 Å². The molecule has 208 valence electrons. The SMILES string of the molecule is CC(C)(C)C1CCC(N(Cc2ccc(C(=O)Nc3nn[nH]n3)cc2)C(=NCN)Nc2cc(Cl)cc(Cl)c2)CC1. The van der Waals surface area contributed by atoms with Crippen LogP contribution in [0.15, 0.2) is 47.5 Å². The van der Waals surface area contributed by atoms with Crippen molar-refractivity contribution in [1.29, 1.82) is 0 Å². The molecule has 5 N–H and O–H groups in total. The highest BCUT2D eigenvalue weighted by atomic mass is 35.5. The highest BCUT2D eigenvalue weighted by Crippen LogP contribution is 2.39. The van der Waals surface area contributed by atoms with Crippen LogP contribution in [0.5, 0.6) is 0 Å². The number of nitrogens with zero attached hydrogens (tertiary/aromatic N) is 5. The number of rotatable bonds is 7. The molecule has 12 heteroatoms. The van der Waals surface area contributed by atoms with Crippen LogP contribution in [0.3, 0.4) is 0 Å². The monoisotopic (exact) mass is 571 g/mol. The summed E-state index contributed by atoms with van der Waals surface area (Å²) < 4.78 is 0. The molecule has 4 rings (SSSR count). The highest BCUT2D eigenvalue weighted by Gasteiger charge is 2.33. The van der Waals surface area contributed by atoms with Crippen molar-refractivity contribution in [2.24, 2.45) is 22.1 Å². The average molecular weight is 573 g/mol. The van der Waals surface area contributed by atoms with Gasteiger partial charge in [0.15, 0.2) is 5.96 Å². The van der Waals surface area contributed by atoms with Gasteiger partial charge in [0.2, 0.25) is 0 Å². The fourth-order valence-electron chi connectivity index (χ4n) is 5.02. The number of hydrogen-bond acceptors (Lipinski definition) is 6. The Hall–Kier alpha value is -3.21. The third-order valence-electron chi connectivity index (χ3n) is 7.13. The van der Waals surface area contributed by atoms with E-state index in [0.29, 0.717) is 34.0 Å². The van der Waals surface area contributed by atoms with E-state index in [1.54, 1.807) is 18.2 Å². The number of carbonyl (C=O) groups is 1. The number of aliphatic imine (C=N–C) groups is 1. The molecule has 1 heterocycles. The molecule has 0 bridgehead atoms. The topological polar surface area (TPSA) is 137 Å². The van der Waals surface area contributed by atoms with Crippen molar-refractivity contribution in [3.63, 3.8) is 0 Å². The van der Waals surface area contributed by atoms with Crippen LogP contribution in [0.1, 0.15) is 62.4 Å². The van der Waals surface area contributed by atoms with Crippen molar-refractivity contribution in [3.05, 3.63) is 63.6 Å². The molecule has 1 aromatic heterocycles. The molecule has 0 spiro atoms. The molecule has 1 aliphatic carbocycles. The summed E-state index contributed by atoms with van der Waals surface area (Å²) in [4.78, 5) is 19.5. The second-order valence-corrected chi connectivity index (χ2v) is 11.7. The minimum Gasteiger partial charge on any atom is -0.335 e. The molecule has 1 aliphatic rings. The van der Waals surface area contributed by atoms with Crippen LogP contribution in [0, 0.1) is 11.3 Å². The maximum Gasteiger partial charge on any atom is 0.270 e. The van der Waals surface area contributed by atoms with Crippen LogP contribution in [0.25, 0.3) is 0 Å². The van der Waals surface area contributed by atoms with Crippen molar-refractivity contribution in [2.75, 3.05) is 17.3 Å². The number of halogens is 2.